The Labute approximate surface area is 98.4 Å². The van der Waals surface area contributed by atoms with E-state index >= 15 is 0 Å². The lowest BCUT2D eigenvalue weighted by atomic mass is 10.1. The molecule has 17 heavy (non-hydrogen) atoms. The van der Waals surface area contributed by atoms with Crippen LogP contribution in [0.1, 0.15) is 44.9 Å². The molecule has 0 aliphatic rings. The molecule has 0 amide bonds. The van der Waals surface area contributed by atoms with E-state index in [4.69, 9.17) is 9.79 Å². The molecule has 8 heteroatoms. The fourth-order valence-corrected chi connectivity index (χ4v) is 1.69. The number of phosphoric ester groups is 1. The fourth-order valence-electron chi connectivity index (χ4n) is 1.32. The third-order valence-electron chi connectivity index (χ3n) is 2.11. The molecule has 0 rings (SSSR count). The predicted octanol–water partition coefficient (Wildman–Crippen LogP) is 3.39. The van der Waals surface area contributed by atoms with Gasteiger partial charge in [0.25, 0.3) is 0 Å². The largest absolute Gasteiger partial charge is 0.469 e. The first-order chi connectivity index (χ1) is 7.71. The van der Waals surface area contributed by atoms with Gasteiger partial charge in [-0.3, -0.25) is 4.52 Å². The van der Waals surface area contributed by atoms with E-state index in [-0.39, 0.29) is 13.0 Å². The van der Waals surface area contributed by atoms with E-state index in [1.54, 1.807) is 0 Å². The minimum Gasteiger partial charge on any atom is -0.303 e. The van der Waals surface area contributed by atoms with Gasteiger partial charge in [-0.05, 0) is 12.8 Å². The van der Waals surface area contributed by atoms with Crippen molar-refractivity contribution < 1.29 is 32.0 Å². The van der Waals surface area contributed by atoms with Gasteiger partial charge >= 0.3 is 14.0 Å². The number of hydrogen-bond donors (Lipinski definition) is 2. The molecule has 4 nitrogen and oxygen atoms in total. The molecular formula is C9H18F3O4P. The maximum atomic E-state index is 11.8. The van der Waals surface area contributed by atoms with Gasteiger partial charge in [0.2, 0.25) is 0 Å². The molecule has 0 aromatic carbocycles. The molecule has 104 valence electrons. The summed E-state index contributed by atoms with van der Waals surface area (Å²) in [4.78, 5) is 16.7. The molecule has 0 heterocycles. The van der Waals surface area contributed by atoms with Gasteiger partial charge in [0.1, 0.15) is 0 Å². The molecule has 0 radical (unpaired) electrons. The molecule has 0 unspecified atom stereocenters. The Morgan fingerprint density at radius 1 is 0.941 bits per heavy atom. The van der Waals surface area contributed by atoms with E-state index in [1.165, 1.54) is 0 Å². The topological polar surface area (TPSA) is 66.8 Å². The Hall–Kier alpha value is -0.100. The lowest BCUT2D eigenvalue weighted by Crippen LogP contribution is -2.06. The Morgan fingerprint density at radius 3 is 1.88 bits per heavy atom. The van der Waals surface area contributed by atoms with Crippen LogP contribution in [0.5, 0.6) is 0 Å². The molecule has 0 spiro atoms. The smallest absolute Gasteiger partial charge is 0.303 e. The summed E-state index contributed by atoms with van der Waals surface area (Å²) in [5.41, 5.74) is 0. The molecule has 0 fully saturated rings. The summed E-state index contributed by atoms with van der Waals surface area (Å²) in [5.74, 6) is 0. The van der Waals surface area contributed by atoms with Crippen LogP contribution in [0.15, 0.2) is 0 Å². The van der Waals surface area contributed by atoms with Crippen LogP contribution in [0.3, 0.4) is 0 Å². The highest BCUT2D eigenvalue weighted by Crippen LogP contribution is 2.35. The zero-order valence-corrected chi connectivity index (χ0v) is 10.3. The van der Waals surface area contributed by atoms with Crippen molar-refractivity contribution in [2.24, 2.45) is 0 Å². The second kappa shape index (κ2) is 8.08. The number of hydrogen-bond acceptors (Lipinski definition) is 2. The molecule has 0 aromatic rings. The highest BCUT2D eigenvalue weighted by atomic mass is 31.2. The average molecular weight is 278 g/mol. The zero-order valence-electron chi connectivity index (χ0n) is 9.45. The normalized spacial score (nSPS) is 13.0. The van der Waals surface area contributed by atoms with Crippen LogP contribution in [-0.2, 0) is 9.09 Å². The van der Waals surface area contributed by atoms with Crippen LogP contribution in [-0.4, -0.2) is 22.6 Å². The number of unbranched alkanes of at least 4 members (excludes halogenated alkanes) is 5. The minimum atomic E-state index is -4.38. The van der Waals surface area contributed by atoms with Crippen LogP contribution in [0.4, 0.5) is 13.2 Å². The number of rotatable bonds is 9. The summed E-state index contributed by atoms with van der Waals surface area (Å²) in [6, 6.07) is 0. The summed E-state index contributed by atoms with van der Waals surface area (Å²) < 4.78 is 49.7. The summed E-state index contributed by atoms with van der Waals surface area (Å²) in [5, 5.41) is 0. The quantitative estimate of drug-likeness (QED) is 0.501. The van der Waals surface area contributed by atoms with E-state index in [1.807, 2.05) is 0 Å². The molecule has 0 aliphatic carbocycles. The van der Waals surface area contributed by atoms with Crippen molar-refractivity contribution in [1.29, 1.82) is 0 Å². The standard InChI is InChI=1S/C9H18F3O4P/c10-9(11,12)7-5-3-1-2-4-6-8-16-17(13,14)15/h1-8H2,(H2,13,14,15). The van der Waals surface area contributed by atoms with Crippen molar-refractivity contribution in [3.8, 4) is 0 Å². The van der Waals surface area contributed by atoms with Crippen molar-refractivity contribution in [2.45, 2.75) is 51.1 Å². The van der Waals surface area contributed by atoms with Crippen LogP contribution in [0, 0.1) is 0 Å². The Balaban J connectivity index is 3.17. The summed E-state index contributed by atoms with van der Waals surface area (Å²) in [6.45, 7) is -0.0210. The van der Waals surface area contributed by atoms with E-state index < -0.39 is 20.4 Å². The van der Waals surface area contributed by atoms with Crippen molar-refractivity contribution in [3.05, 3.63) is 0 Å². The summed E-state index contributed by atoms with van der Waals surface area (Å²) in [6.07, 6.45) is -1.49. The van der Waals surface area contributed by atoms with E-state index in [0.29, 0.717) is 25.7 Å². The molecule has 0 atom stereocenters. The highest BCUT2D eigenvalue weighted by molar-refractivity contribution is 7.46. The number of phosphoric acid groups is 1. The van der Waals surface area contributed by atoms with Crippen LogP contribution in [0.2, 0.25) is 0 Å². The monoisotopic (exact) mass is 278 g/mol. The fraction of sp³-hybridized carbons (Fsp3) is 1.00. The van der Waals surface area contributed by atoms with Crippen LogP contribution >= 0.6 is 7.82 Å². The van der Waals surface area contributed by atoms with Gasteiger partial charge in [-0.25, -0.2) is 4.57 Å². The van der Waals surface area contributed by atoms with E-state index in [2.05, 4.69) is 4.52 Å². The minimum absolute atomic E-state index is 0.0210. The third kappa shape index (κ3) is 15.9. The SMILES string of the molecule is O=P(O)(O)OCCCCCCCCC(F)(F)F. The molecule has 0 aliphatic heterocycles. The van der Waals surface area contributed by atoms with Gasteiger partial charge in [0, 0.05) is 6.42 Å². The zero-order chi connectivity index (χ0) is 13.4. The van der Waals surface area contributed by atoms with Crippen molar-refractivity contribution in [3.63, 3.8) is 0 Å². The maximum Gasteiger partial charge on any atom is 0.469 e. The molecular weight excluding hydrogens is 260 g/mol. The van der Waals surface area contributed by atoms with Crippen molar-refractivity contribution in [1.82, 2.24) is 0 Å². The average Bonchev–Trinajstić information content (AvgIpc) is 2.11. The number of alkyl halides is 3. The van der Waals surface area contributed by atoms with E-state index in [9.17, 15) is 17.7 Å². The van der Waals surface area contributed by atoms with Crippen LogP contribution < -0.4 is 0 Å². The first-order valence-electron chi connectivity index (χ1n) is 5.47. The third-order valence-corrected chi connectivity index (χ3v) is 2.63. The first kappa shape index (κ1) is 16.9. The van der Waals surface area contributed by atoms with Gasteiger partial charge in [0.05, 0.1) is 6.61 Å². The predicted molar refractivity (Wildman–Crippen MR) is 56.4 cm³/mol. The van der Waals surface area contributed by atoms with Crippen LogP contribution in [0.25, 0.3) is 0 Å². The molecule has 0 saturated heterocycles. The second-order valence-corrected chi connectivity index (χ2v) is 5.05. The first-order valence-corrected chi connectivity index (χ1v) is 7.00. The lowest BCUT2D eigenvalue weighted by Gasteiger charge is -2.06. The lowest BCUT2D eigenvalue weighted by molar-refractivity contribution is -0.135. The Morgan fingerprint density at radius 2 is 1.41 bits per heavy atom. The van der Waals surface area contributed by atoms with Crippen molar-refractivity contribution >= 4 is 7.82 Å². The second-order valence-electron chi connectivity index (χ2n) is 3.81. The molecule has 0 aromatic heterocycles. The van der Waals surface area contributed by atoms with Gasteiger partial charge < -0.3 is 9.79 Å². The Bertz CT molecular complexity index is 239. The molecule has 0 bridgehead atoms. The van der Waals surface area contributed by atoms with Crippen molar-refractivity contribution in [2.75, 3.05) is 6.61 Å². The maximum absolute atomic E-state index is 11.8. The van der Waals surface area contributed by atoms with E-state index in [0.717, 1.165) is 6.42 Å². The summed E-state index contributed by atoms with van der Waals surface area (Å²) >= 11 is 0. The van der Waals surface area contributed by atoms with Gasteiger partial charge in [-0.2, -0.15) is 13.2 Å². The van der Waals surface area contributed by atoms with Gasteiger partial charge in [-0.15, -0.1) is 0 Å². The van der Waals surface area contributed by atoms with Gasteiger partial charge in [-0.1, -0.05) is 25.7 Å². The molecule has 2 N–H and O–H groups in total. The Kier molecular flexibility index (Phi) is 8.03. The number of halogens is 3. The molecule has 0 saturated carbocycles. The van der Waals surface area contributed by atoms with Gasteiger partial charge in [0.15, 0.2) is 0 Å². The highest BCUT2D eigenvalue weighted by Gasteiger charge is 2.25. The summed E-state index contributed by atoms with van der Waals surface area (Å²) in [7, 11) is -4.38.